The van der Waals surface area contributed by atoms with Crippen LogP contribution in [0.25, 0.3) is 0 Å². The molecular weight excluding hydrogens is 770 g/mol. The number of rotatable bonds is 50. The molecule has 0 radical (unpaired) electrons. The van der Waals surface area contributed by atoms with Crippen molar-refractivity contribution in [3.63, 3.8) is 0 Å². The van der Waals surface area contributed by atoms with Crippen molar-refractivity contribution in [2.45, 2.75) is 297 Å². The molecule has 0 amide bonds. The Morgan fingerprint density at radius 2 is 0.783 bits per heavy atom. The van der Waals surface area contributed by atoms with Gasteiger partial charge >= 0.3 is 13.8 Å². The van der Waals surface area contributed by atoms with Crippen molar-refractivity contribution in [2.24, 2.45) is 11.7 Å². The highest BCUT2D eigenvalue weighted by molar-refractivity contribution is 7.47. The van der Waals surface area contributed by atoms with Gasteiger partial charge < -0.3 is 20.1 Å². The summed E-state index contributed by atoms with van der Waals surface area (Å²) in [6.45, 7) is 8.96. The summed E-state index contributed by atoms with van der Waals surface area (Å²) < 4.78 is 35.4. The molecule has 3 atom stereocenters. The largest absolute Gasteiger partial charge is 0.475 e. The zero-order valence-electron chi connectivity index (χ0n) is 40.6. The molecule has 9 heteroatoms. The Kier molecular flexibility index (Phi) is 46.1. The summed E-state index contributed by atoms with van der Waals surface area (Å²) in [5.41, 5.74) is 5.53. The second-order valence-corrected chi connectivity index (χ2v) is 19.6. The van der Waals surface area contributed by atoms with Gasteiger partial charge in [-0.3, -0.25) is 9.32 Å². The molecule has 0 aromatic carbocycles. The summed E-state index contributed by atoms with van der Waals surface area (Å²) in [7, 11) is -4.52. The quantitative estimate of drug-likeness (QED) is 0.0269. The second kappa shape index (κ2) is 46.5. The maximum absolute atomic E-state index is 13.8. The third-order valence-corrected chi connectivity index (χ3v) is 13.2. The number of esters is 1. The smallest absolute Gasteiger partial charge is 0.432 e. The van der Waals surface area contributed by atoms with Gasteiger partial charge in [-0.15, -0.1) is 0 Å². The van der Waals surface area contributed by atoms with Crippen molar-refractivity contribution in [3.05, 3.63) is 0 Å². The molecule has 0 rings (SSSR count). The van der Waals surface area contributed by atoms with Crippen LogP contribution >= 0.6 is 7.82 Å². The lowest BCUT2D eigenvalue weighted by Gasteiger charge is -2.27. The summed E-state index contributed by atoms with van der Waals surface area (Å²) >= 11 is 0. The highest BCUT2D eigenvalue weighted by atomic mass is 31.2. The predicted octanol–water partition coefficient (Wildman–Crippen LogP) is 16.6. The Morgan fingerprint density at radius 3 is 1.10 bits per heavy atom. The molecule has 3 N–H and O–H groups in total. The molecule has 0 bridgehead atoms. The number of hydrogen-bond donors (Lipinski definition) is 2. The second-order valence-electron chi connectivity index (χ2n) is 18.2. The fraction of sp³-hybridized carbons (Fsp3) is 0.980. The molecule has 60 heavy (non-hydrogen) atoms. The van der Waals surface area contributed by atoms with Crippen LogP contribution in [0.3, 0.4) is 0 Å². The number of unbranched alkanes of at least 4 members (excludes halogenated alkanes) is 35. The number of hydrogen-bond acceptors (Lipinski definition) is 7. The van der Waals surface area contributed by atoms with Crippen molar-refractivity contribution < 1.29 is 32.8 Å². The number of carbonyl (C=O) groups is 1. The average Bonchev–Trinajstić information content (AvgIpc) is 3.23. The van der Waals surface area contributed by atoms with E-state index in [1.807, 2.05) is 0 Å². The van der Waals surface area contributed by atoms with Crippen LogP contribution in [0, 0.1) is 5.92 Å². The molecule has 8 nitrogen and oxygen atoms in total. The summed E-state index contributed by atoms with van der Waals surface area (Å²) in [5, 5.41) is 0. The van der Waals surface area contributed by atoms with Crippen LogP contribution in [-0.2, 0) is 27.9 Å². The molecule has 0 aliphatic heterocycles. The van der Waals surface area contributed by atoms with Crippen LogP contribution < -0.4 is 5.73 Å². The number of carbonyl (C=O) groups excluding carboxylic acids is 1. The van der Waals surface area contributed by atoms with Crippen LogP contribution in [0.1, 0.15) is 285 Å². The molecule has 2 unspecified atom stereocenters. The van der Waals surface area contributed by atoms with Gasteiger partial charge in [0.15, 0.2) is 0 Å². The summed E-state index contributed by atoms with van der Waals surface area (Å²) in [4.78, 5) is 24.3. The minimum absolute atomic E-state index is 0.0731. The Balaban J connectivity index is 4.96. The maximum Gasteiger partial charge on any atom is 0.475 e. The highest BCUT2D eigenvalue weighted by Gasteiger charge is 2.35. The predicted molar refractivity (Wildman–Crippen MR) is 256 cm³/mol. The van der Waals surface area contributed by atoms with Crippen molar-refractivity contribution in [2.75, 3.05) is 19.8 Å². The number of phosphoric acid groups is 1. The summed E-state index contributed by atoms with van der Waals surface area (Å²) in [6, 6.07) is 0. The number of nitrogens with two attached hydrogens (primary N) is 1. The molecular formula is C51H104NO7P. The third kappa shape index (κ3) is 41.5. The fourth-order valence-corrected chi connectivity index (χ4v) is 9.11. The van der Waals surface area contributed by atoms with Crippen molar-refractivity contribution >= 4 is 13.8 Å². The number of ether oxygens (including phenoxy) is 2. The van der Waals surface area contributed by atoms with Crippen molar-refractivity contribution in [1.82, 2.24) is 0 Å². The molecule has 0 aliphatic carbocycles. The van der Waals surface area contributed by atoms with E-state index in [2.05, 4.69) is 20.8 Å². The monoisotopic (exact) mass is 874 g/mol. The van der Waals surface area contributed by atoms with Gasteiger partial charge in [-0.25, -0.2) is 9.09 Å². The van der Waals surface area contributed by atoms with E-state index in [4.69, 9.17) is 24.3 Å². The van der Waals surface area contributed by atoms with Gasteiger partial charge in [0.2, 0.25) is 6.29 Å². The first-order valence-electron chi connectivity index (χ1n) is 26.5. The standard InChI is InChI=1S/C51H104NO7P/c1-5-8-11-14-17-20-23-26-27-30-33-36-39-42-46-56-48(4)51(59-60(54,55)57-47-45-52)58-50(53)49(43-40-37-34-31-28-24-21-18-15-12-9-6-2)44-41-38-35-32-29-25-22-19-16-13-10-7-3/h48-49,51H,5-47,52H2,1-4H3,(H,54,55)/t48-,51?/m0/s1. The van der Waals surface area contributed by atoms with Gasteiger partial charge in [-0.05, 0) is 26.2 Å². The lowest BCUT2D eigenvalue weighted by molar-refractivity contribution is -0.192. The Hall–Kier alpha value is -0.500. The van der Waals surface area contributed by atoms with Gasteiger partial charge in [0.05, 0.1) is 12.5 Å². The third-order valence-electron chi connectivity index (χ3n) is 12.2. The molecule has 0 saturated carbocycles. The fourth-order valence-electron chi connectivity index (χ4n) is 8.23. The Bertz CT molecular complexity index is 896. The molecule has 0 aliphatic rings. The molecule has 0 saturated heterocycles. The zero-order chi connectivity index (χ0) is 44.0. The van der Waals surface area contributed by atoms with Gasteiger partial charge in [0.1, 0.15) is 6.10 Å². The number of phosphoric ester groups is 1. The molecule has 0 heterocycles. The molecule has 360 valence electrons. The van der Waals surface area contributed by atoms with Crippen molar-refractivity contribution in [3.8, 4) is 0 Å². The Morgan fingerprint density at radius 1 is 0.483 bits per heavy atom. The lowest BCUT2D eigenvalue weighted by Crippen LogP contribution is -2.36. The zero-order valence-corrected chi connectivity index (χ0v) is 41.5. The summed E-state index contributed by atoms with van der Waals surface area (Å²) in [5.74, 6) is -0.639. The first-order valence-corrected chi connectivity index (χ1v) is 28.0. The van der Waals surface area contributed by atoms with Crippen LogP contribution in [0.2, 0.25) is 0 Å². The molecule has 0 spiro atoms. The van der Waals surface area contributed by atoms with Crippen LogP contribution in [0.15, 0.2) is 0 Å². The minimum atomic E-state index is -4.52. The van der Waals surface area contributed by atoms with E-state index in [0.29, 0.717) is 6.61 Å². The van der Waals surface area contributed by atoms with Crippen LogP contribution in [-0.4, -0.2) is 43.0 Å². The van der Waals surface area contributed by atoms with E-state index >= 15 is 0 Å². The normalized spacial score (nSPS) is 13.8. The van der Waals surface area contributed by atoms with Crippen LogP contribution in [0.4, 0.5) is 0 Å². The van der Waals surface area contributed by atoms with E-state index in [0.717, 1.165) is 51.4 Å². The van der Waals surface area contributed by atoms with E-state index in [9.17, 15) is 14.3 Å². The highest BCUT2D eigenvalue weighted by Crippen LogP contribution is 2.45. The molecule has 0 aromatic rings. The topological polar surface area (TPSA) is 117 Å². The van der Waals surface area contributed by atoms with E-state index < -0.39 is 20.2 Å². The molecule has 0 aromatic heterocycles. The van der Waals surface area contributed by atoms with Crippen LogP contribution in [0.5, 0.6) is 0 Å². The SMILES string of the molecule is CCCCCCCCCCCCCCCCO[C@@H](C)C(OC(=O)C(CCCCCCCCCCCCCC)CCCCCCCCCCCCCC)OP(=O)(O)OCCN. The van der Waals surface area contributed by atoms with E-state index in [-0.39, 0.29) is 25.0 Å². The van der Waals surface area contributed by atoms with Gasteiger partial charge in [0, 0.05) is 13.2 Å². The lowest BCUT2D eigenvalue weighted by atomic mass is 9.94. The first-order chi connectivity index (χ1) is 29.3. The first kappa shape index (κ1) is 59.5. The minimum Gasteiger partial charge on any atom is -0.432 e. The van der Waals surface area contributed by atoms with Gasteiger partial charge in [0.25, 0.3) is 0 Å². The van der Waals surface area contributed by atoms with E-state index in [1.165, 1.54) is 205 Å². The Labute approximate surface area is 373 Å². The average molecular weight is 874 g/mol. The maximum atomic E-state index is 13.8. The van der Waals surface area contributed by atoms with Gasteiger partial charge in [-0.2, -0.15) is 0 Å². The summed E-state index contributed by atoms with van der Waals surface area (Å²) in [6.07, 6.45) is 47.9. The molecule has 0 fully saturated rings. The van der Waals surface area contributed by atoms with Crippen molar-refractivity contribution in [1.29, 1.82) is 0 Å². The van der Waals surface area contributed by atoms with Gasteiger partial charge in [-0.1, -0.05) is 258 Å². The van der Waals surface area contributed by atoms with E-state index in [1.54, 1.807) is 6.92 Å².